The first-order valence-corrected chi connectivity index (χ1v) is 6.73. The summed E-state index contributed by atoms with van der Waals surface area (Å²) in [6.45, 7) is 0. The third-order valence-electron chi connectivity index (χ3n) is 2.66. The van der Waals surface area contributed by atoms with Gasteiger partial charge in [0, 0.05) is 17.3 Å². The second-order valence-electron chi connectivity index (χ2n) is 3.84. The van der Waals surface area contributed by atoms with Crippen LogP contribution in [0.15, 0.2) is 47.6 Å². The van der Waals surface area contributed by atoms with Gasteiger partial charge in [0.2, 0.25) is 0 Å². The summed E-state index contributed by atoms with van der Waals surface area (Å²) in [5.41, 5.74) is 2.23. The topological polar surface area (TPSA) is 50.2 Å². The summed E-state index contributed by atoms with van der Waals surface area (Å²) >= 11 is 1.45. The summed E-state index contributed by atoms with van der Waals surface area (Å²) in [7, 11) is 0. The van der Waals surface area contributed by atoms with E-state index >= 15 is 0 Å². The highest BCUT2D eigenvalue weighted by molar-refractivity contribution is 7.98. The first-order valence-electron chi connectivity index (χ1n) is 5.50. The smallest absolute Gasteiger partial charge is 0.337 e. The summed E-state index contributed by atoms with van der Waals surface area (Å²) < 4.78 is 0. The van der Waals surface area contributed by atoms with Gasteiger partial charge in [0.15, 0.2) is 0 Å². The van der Waals surface area contributed by atoms with Gasteiger partial charge >= 0.3 is 5.97 Å². The molecular formula is C14H13NO2S. The average Bonchev–Trinajstić information content (AvgIpc) is 2.39. The van der Waals surface area contributed by atoms with Gasteiger partial charge in [0.25, 0.3) is 0 Å². The third-order valence-corrected chi connectivity index (χ3v) is 3.44. The molecule has 1 heterocycles. The molecule has 0 spiro atoms. The molecule has 0 unspecified atom stereocenters. The standard InChI is InChI=1S/C14H13NO2S/c1-18-12-6-2-5-11(13(12)14(16)17)8-10-4-3-7-15-9-10/h2-7,9H,8H2,1H3,(H,16,17). The van der Waals surface area contributed by atoms with Gasteiger partial charge in [-0.15, -0.1) is 11.8 Å². The molecular weight excluding hydrogens is 246 g/mol. The molecule has 0 aliphatic carbocycles. The largest absolute Gasteiger partial charge is 0.478 e. The van der Waals surface area contributed by atoms with E-state index in [4.69, 9.17) is 0 Å². The molecule has 4 heteroatoms. The molecule has 1 aromatic carbocycles. The van der Waals surface area contributed by atoms with Gasteiger partial charge < -0.3 is 5.11 Å². The molecule has 0 fully saturated rings. The molecule has 0 saturated carbocycles. The second kappa shape index (κ2) is 5.69. The maximum absolute atomic E-state index is 11.4. The second-order valence-corrected chi connectivity index (χ2v) is 4.69. The van der Waals surface area contributed by atoms with E-state index in [2.05, 4.69) is 4.98 Å². The van der Waals surface area contributed by atoms with Crippen molar-refractivity contribution in [2.45, 2.75) is 11.3 Å². The molecule has 18 heavy (non-hydrogen) atoms. The van der Waals surface area contributed by atoms with E-state index in [9.17, 15) is 9.90 Å². The van der Waals surface area contributed by atoms with Crippen LogP contribution in [0, 0.1) is 0 Å². The van der Waals surface area contributed by atoms with Crippen LogP contribution in [0.5, 0.6) is 0 Å². The number of rotatable bonds is 4. The Balaban J connectivity index is 2.42. The predicted molar refractivity (Wildman–Crippen MR) is 72.2 cm³/mol. The number of aromatic nitrogens is 1. The van der Waals surface area contributed by atoms with Gasteiger partial charge in [-0.05, 0) is 35.9 Å². The lowest BCUT2D eigenvalue weighted by atomic mass is 10.0. The van der Waals surface area contributed by atoms with Gasteiger partial charge in [-0.3, -0.25) is 4.98 Å². The lowest BCUT2D eigenvalue weighted by molar-refractivity contribution is 0.0692. The Hall–Kier alpha value is -1.81. The van der Waals surface area contributed by atoms with Crippen molar-refractivity contribution < 1.29 is 9.90 Å². The highest BCUT2D eigenvalue weighted by Crippen LogP contribution is 2.25. The molecule has 92 valence electrons. The predicted octanol–water partition coefficient (Wildman–Crippen LogP) is 3.09. The first-order chi connectivity index (χ1) is 8.72. The first kappa shape index (κ1) is 12.6. The molecule has 0 bridgehead atoms. The van der Waals surface area contributed by atoms with Gasteiger partial charge in [-0.25, -0.2) is 4.79 Å². The van der Waals surface area contributed by atoms with Crippen molar-refractivity contribution >= 4 is 17.7 Å². The number of hydrogen-bond donors (Lipinski definition) is 1. The molecule has 3 nitrogen and oxygen atoms in total. The van der Waals surface area contributed by atoms with Crippen LogP contribution in [0.25, 0.3) is 0 Å². The molecule has 0 atom stereocenters. The summed E-state index contributed by atoms with van der Waals surface area (Å²) in [6.07, 6.45) is 5.94. The Kier molecular flexibility index (Phi) is 3.99. The Bertz CT molecular complexity index is 555. The zero-order valence-corrected chi connectivity index (χ0v) is 10.8. The minimum atomic E-state index is -0.876. The van der Waals surface area contributed by atoms with Crippen LogP contribution in [-0.2, 0) is 6.42 Å². The van der Waals surface area contributed by atoms with Crippen molar-refractivity contribution in [2.75, 3.05) is 6.26 Å². The molecule has 0 saturated heterocycles. The van der Waals surface area contributed by atoms with E-state index in [0.29, 0.717) is 12.0 Å². The van der Waals surface area contributed by atoms with Crippen molar-refractivity contribution in [1.29, 1.82) is 0 Å². The summed E-state index contributed by atoms with van der Waals surface area (Å²) in [5.74, 6) is -0.876. The fourth-order valence-corrected chi connectivity index (χ4v) is 2.50. The zero-order chi connectivity index (χ0) is 13.0. The van der Waals surface area contributed by atoms with Crippen molar-refractivity contribution in [3.63, 3.8) is 0 Å². The van der Waals surface area contributed by atoms with Crippen LogP contribution >= 0.6 is 11.8 Å². The number of nitrogens with zero attached hydrogens (tertiary/aromatic N) is 1. The van der Waals surface area contributed by atoms with E-state index in [0.717, 1.165) is 16.0 Å². The molecule has 1 aromatic heterocycles. The quantitative estimate of drug-likeness (QED) is 0.857. The van der Waals surface area contributed by atoms with E-state index < -0.39 is 5.97 Å². The van der Waals surface area contributed by atoms with Crippen LogP contribution < -0.4 is 0 Å². The molecule has 0 radical (unpaired) electrons. The SMILES string of the molecule is CSc1cccc(Cc2cccnc2)c1C(=O)O. The Labute approximate surface area is 110 Å². The van der Waals surface area contributed by atoms with E-state index in [-0.39, 0.29) is 0 Å². The van der Waals surface area contributed by atoms with Gasteiger partial charge in [-0.1, -0.05) is 18.2 Å². The molecule has 2 aromatic rings. The number of carboxylic acids is 1. The Morgan fingerprint density at radius 1 is 1.33 bits per heavy atom. The van der Waals surface area contributed by atoms with Crippen molar-refractivity contribution in [3.05, 3.63) is 59.4 Å². The maximum Gasteiger partial charge on any atom is 0.337 e. The van der Waals surface area contributed by atoms with E-state index in [1.165, 1.54) is 11.8 Å². The van der Waals surface area contributed by atoms with E-state index in [1.54, 1.807) is 12.4 Å². The molecule has 2 rings (SSSR count). The summed E-state index contributed by atoms with van der Waals surface area (Å²) in [6, 6.07) is 9.39. The number of benzene rings is 1. The molecule has 0 aliphatic rings. The monoisotopic (exact) mass is 259 g/mol. The van der Waals surface area contributed by atoms with Crippen LogP contribution in [-0.4, -0.2) is 22.3 Å². The molecule has 0 aliphatic heterocycles. The maximum atomic E-state index is 11.4. The summed E-state index contributed by atoms with van der Waals surface area (Å²) in [5, 5.41) is 9.33. The lowest BCUT2D eigenvalue weighted by Gasteiger charge is -2.09. The Morgan fingerprint density at radius 2 is 2.17 bits per heavy atom. The molecule has 0 amide bonds. The van der Waals surface area contributed by atoms with Crippen LogP contribution in [0.1, 0.15) is 21.5 Å². The number of thioether (sulfide) groups is 1. The van der Waals surface area contributed by atoms with Gasteiger partial charge in [-0.2, -0.15) is 0 Å². The molecule has 1 N–H and O–H groups in total. The highest BCUT2D eigenvalue weighted by atomic mass is 32.2. The van der Waals surface area contributed by atoms with Gasteiger partial charge in [0.1, 0.15) is 0 Å². The number of pyridine rings is 1. The van der Waals surface area contributed by atoms with Crippen LogP contribution in [0.2, 0.25) is 0 Å². The fraction of sp³-hybridized carbons (Fsp3) is 0.143. The summed E-state index contributed by atoms with van der Waals surface area (Å²) in [4.78, 5) is 16.2. The lowest BCUT2D eigenvalue weighted by Crippen LogP contribution is -2.05. The van der Waals surface area contributed by atoms with Crippen molar-refractivity contribution in [3.8, 4) is 0 Å². The number of aromatic carboxylic acids is 1. The minimum Gasteiger partial charge on any atom is -0.478 e. The third kappa shape index (κ3) is 2.71. The normalized spacial score (nSPS) is 10.3. The highest BCUT2D eigenvalue weighted by Gasteiger charge is 2.14. The minimum absolute atomic E-state index is 0.397. The van der Waals surface area contributed by atoms with E-state index in [1.807, 2.05) is 36.6 Å². The van der Waals surface area contributed by atoms with Crippen LogP contribution in [0.4, 0.5) is 0 Å². The zero-order valence-electron chi connectivity index (χ0n) is 9.96. The number of carboxylic acid groups (broad SMARTS) is 1. The number of carbonyl (C=O) groups is 1. The van der Waals surface area contributed by atoms with Crippen molar-refractivity contribution in [1.82, 2.24) is 4.98 Å². The van der Waals surface area contributed by atoms with Crippen molar-refractivity contribution in [2.24, 2.45) is 0 Å². The number of hydrogen-bond acceptors (Lipinski definition) is 3. The fourth-order valence-electron chi connectivity index (χ4n) is 1.86. The van der Waals surface area contributed by atoms with Crippen LogP contribution in [0.3, 0.4) is 0 Å². The van der Waals surface area contributed by atoms with Gasteiger partial charge in [0.05, 0.1) is 5.56 Å². The Morgan fingerprint density at radius 3 is 2.78 bits per heavy atom. The average molecular weight is 259 g/mol.